The molecule has 0 N–H and O–H groups in total. The molecule has 0 saturated heterocycles. The van der Waals surface area contributed by atoms with E-state index in [-0.39, 0.29) is 0 Å². The monoisotopic (exact) mass is 699 g/mol. The minimum Gasteiger partial charge on any atom is -0.208 e. The number of hydrogen-bond acceptors (Lipinski definition) is 3. The molecule has 0 fully saturated rings. The van der Waals surface area contributed by atoms with E-state index < -0.39 is 5.41 Å². The maximum atomic E-state index is 5.26. The van der Waals surface area contributed by atoms with Crippen molar-refractivity contribution >= 4 is 0 Å². The summed E-state index contributed by atoms with van der Waals surface area (Å²) in [4.78, 5) is 15.6. The van der Waals surface area contributed by atoms with Crippen molar-refractivity contribution in [3.8, 4) is 78.7 Å². The molecule has 0 bridgehead atoms. The highest BCUT2D eigenvalue weighted by Gasteiger charge is 2.49. The molecular formula is C52H33N3. The normalized spacial score (nSPS) is 12.9. The molecular weight excluding hydrogens is 667 g/mol. The van der Waals surface area contributed by atoms with E-state index in [1.807, 2.05) is 24.3 Å². The first-order valence-corrected chi connectivity index (χ1v) is 18.8. The molecule has 2 aliphatic carbocycles. The van der Waals surface area contributed by atoms with Gasteiger partial charge in [0, 0.05) is 16.7 Å². The van der Waals surface area contributed by atoms with Crippen LogP contribution in [0.3, 0.4) is 0 Å². The number of hydrogen-bond donors (Lipinski definition) is 0. The molecule has 0 aliphatic heterocycles. The molecule has 3 nitrogen and oxygen atoms in total. The van der Waals surface area contributed by atoms with Gasteiger partial charge in [-0.1, -0.05) is 194 Å². The molecule has 256 valence electrons. The van der Waals surface area contributed by atoms with Crippen molar-refractivity contribution < 1.29 is 0 Å². The molecule has 0 radical (unpaired) electrons. The standard InChI is InChI=1S/C52H33N3/c1-3-17-34(18-4-1)37-21-7-10-27-43(37)51-54-49(35-19-5-2-6-20-35)53-50(55-51)36-31-32-48-44(33-36)42-26-13-16-30-47(42)52(48)45-28-14-11-24-40(45)38-22-8-9-23-39(38)41-25-12-15-29-46(41)52/h1-33H. The lowest BCUT2D eigenvalue weighted by molar-refractivity contribution is 0.775. The van der Waals surface area contributed by atoms with Crippen molar-refractivity contribution in [1.29, 1.82) is 0 Å². The van der Waals surface area contributed by atoms with Crippen LogP contribution in [0, 0.1) is 0 Å². The van der Waals surface area contributed by atoms with Gasteiger partial charge in [0.1, 0.15) is 0 Å². The van der Waals surface area contributed by atoms with E-state index in [4.69, 9.17) is 15.0 Å². The van der Waals surface area contributed by atoms with E-state index in [1.165, 1.54) is 55.6 Å². The average Bonchev–Trinajstić information content (AvgIpc) is 3.51. The highest BCUT2D eigenvalue weighted by atomic mass is 15.0. The van der Waals surface area contributed by atoms with Crippen molar-refractivity contribution in [3.63, 3.8) is 0 Å². The second-order valence-electron chi connectivity index (χ2n) is 14.3. The Morgan fingerprint density at radius 2 is 0.618 bits per heavy atom. The van der Waals surface area contributed by atoms with Crippen LogP contribution in [-0.4, -0.2) is 15.0 Å². The molecule has 1 spiro atoms. The molecule has 0 saturated carbocycles. The van der Waals surface area contributed by atoms with Crippen LogP contribution in [0.2, 0.25) is 0 Å². The Morgan fingerprint density at radius 3 is 1.18 bits per heavy atom. The predicted molar refractivity (Wildman–Crippen MR) is 223 cm³/mol. The summed E-state index contributed by atoms with van der Waals surface area (Å²) in [5, 5.41) is 0. The fourth-order valence-electron chi connectivity index (χ4n) is 9.08. The van der Waals surface area contributed by atoms with Gasteiger partial charge in [0.05, 0.1) is 5.41 Å². The zero-order valence-electron chi connectivity index (χ0n) is 29.9. The molecule has 3 heteroatoms. The first-order chi connectivity index (χ1) is 27.3. The van der Waals surface area contributed by atoms with Crippen molar-refractivity contribution in [2.45, 2.75) is 5.41 Å². The van der Waals surface area contributed by atoms with E-state index in [0.717, 1.165) is 27.8 Å². The molecule has 0 atom stereocenters. The van der Waals surface area contributed by atoms with Crippen LogP contribution in [0.15, 0.2) is 200 Å². The van der Waals surface area contributed by atoms with Crippen molar-refractivity contribution in [3.05, 3.63) is 222 Å². The maximum Gasteiger partial charge on any atom is 0.164 e. The molecule has 0 unspecified atom stereocenters. The van der Waals surface area contributed by atoms with Gasteiger partial charge in [0.2, 0.25) is 0 Å². The molecule has 55 heavy (non-hydrogen) atoms. The Kier molecular flexibility index (Phi) is 7.08. The predicted octanol–water partition coefficient (Wildman–Crippen LogP) is 12.6. The van der Waals surface area contributed by atoms with Crippen LogP contribution in [0.4, 0.5) is 0 Å². The Morgan fingerprint density at radius 1 is 0.236 bits per heavy atom. The van der Waals surface area contributed by atoms with Crippen molar-refractivity contribution in [2.24, 2.45) is 0 Å². The lowest BCUT2D eigenvalue weighted by atomic mass is 9.66. The minimum atomic E-state index is -0.537. The fraction of sp³-hybridized carbons (Fsp3) is 0.0192. The first kappa shape index (κ1) is 31.3. The first-order valence-electron chi connectivity index (χ1n) is 18.8. The highest BCUT2D eigenvalue weighted by molar-refractivity contribution is 5.97. The SMILES string of the molecule is c1ccc(-c2nc(-c3ccc4c(c3)-c3ccccc3C43c4ccccc4-c4ccccc4-c4ccccc43)nc(-c3ccccc3-c3ccccc3)n2)cc1. The van der Waals surface area contributed by atoms with Gasteiger partial charge in [-0.3, -0.25) is 0 Å². The summed E-state index contributed by atoms with van der Waals surface area (Å²) in [5.41, 5.74) is 17.1. The minimum absolute atomic E-state index is 0.537. The summed E-state index contributed by atoms with van der Waals surface area (Å²) in [6.07, 6.45) is 0. The largest absolute Gasteiger partial charge is 0.208 e. The molecule has 11 rings (SSSR count). The Balaban J connectivity index is 1.17. The molecule has 1 aromatic heterocycles. The smallest absolute Gasteiger partial charge is 0.164 e. The molecule has 1 heterocycles. The summed E-state index contributed by atoms with van der Waals surface area (Å²) in [5.74, 6) is 1.93. The summed E-state index contributed by atoms with van der Waals surface area (Å²) in [7, 11) is 0. The summed E-state index contributed by atoms with van der Waals surface area (Å²) in [6.45, 7) is 0. The molecule has 2 aliphatic rings. The maximum absolute atomic E-state index is 5.26. The summed E-state index contributed by atoms with van der Waals surface area (Å²) in [6, 6.07) is 71.7. The van der Waals surface area contributed by atoms with Gasteiger partial charge in [-0.05, 0) is 72.8 Å². The number of nitrogens with zero attached hydrogens (tertiary/aromatic N) is 3. The van der Waals surface area contributed by atoms with Gasteiger partial charge in [-0.2, -0.15) is 0 Å². The Hall–Kier alpha value is -7.23. The Labute approximate surface area is 320 Å². The molecule has 0 amide bonds. The third-order valence-corrected chi connectivity index (χ3v) is 11.4. The lowest BCUT2D eigenvalue weighted by Crippen LogP contribution is -2.29. The van der Waals surface area contributed by atoms with Crippen LogP contribution < -0.4 is 0 Å². The van der Waals surface area contributed by atoms with Crippen LogP contribution in [0.5, 0.6) is 0 Å². The number of benzene rings is 8. The summed E-state index contributed by atoms with van der Waals surface area (Å²) >= 11 is 0. The lowest BCUT2D eigenvalue weighted by Gasteiger charge is -2.35. The molecule has 9 aromatic rings. The van der Waals surface area contributed by atoms with Crippen LogP contribution in [0.1, 0.15) is 22.3 Å². The third-order valence-electron chi connectivity index (χ3n) is 11.4. The van der Waals surface area contributed by atoms with Gasteiger partial charge in [0.15, 0.2) is 17.5 Å². The zero-order valence-corrected chi connectivity index (χ0v) is 29.9. The number of aromatic nitrogens is 3. The zero-order chi connectivity index (χ0) is 36.3. The van der Waals surface area contributed by atoms with E-state index in [1.54, 1.807) is 0 Å². The number of fused-ring (bicyclic) bond motifs is 12. The Bertz CT molecular complexity index is 2860. The van der Waals surface area contributed by atoms with Crippen LogP contribution in [0.25, 0.3) is 78.7 Å². The van der Waals surface area contributed by atoms with Crippen LogP contribution >= 0.6 is 0 Å². The van der Waals surface area contributed by atoms with Crippen molar-refractivity contribution in [2.75, 3.05) is 0 Å². The summed E-state index contributed by atoms with van der Waals surface area (Å²) < 4.78 is 0. The van der Waals surface area contributed by atoms with E-state index in [2.05, 4.69) is 176 Å². The second-order valence-corrected chi connectivity index (χ2v) is 14.3. The van der Waals surface area contributed by atoms with Gasteiger partial charge in [-0.25, -0.2) is 15.0 Å². The topological polar surface area (TPSA) is 38.7 Å². The average molecular weight is 700 g/mol. The van der Waals surface area contributed by atoms with Crippen LogP contribution in [-0.2, 0) is 5.41 Å². The quantitative estimate of drug-likeness (QED) is 0.184. The van der Waals surface area contributed by atoms with Gasteiger partial charge >= 0.3 is 0 Å². The highest BCUT2D eigenvalue weighted by Crippen LogP contribution is 2.61. The number of rotatable bonds is 4. The molecule has 8 aromatic carbocycles. The van der Waals surface area contributed by atoms with Gasteiger partial charge < -0.3 is 0 Å². The second kappa shape index (κ2) is 12.4. The van der Waals surface area contributed by atoms with Gasteiger partial charge in [-0.15, -0.1) is 0 Å². The third kappa shape index (κ3) is 4.73. The fourth-order valence-corrected chi connectivity index (χ4v) is 9.08. The van der Waals surface area contributed by atoms with E-state index in [0.29, 0.717) is 17.5 Å². The van der Waals surface area contributed by atoms with E-state index >= 15 is 0 Å². The van der Waals surface area contributed by atoms with Gasteiger partial charge in [0.25, 0.3) is 0 Å². The van der Waals surface area contributed by atoms with E-state index in [9.17, 15) is 0 Å². The van der Waals surface area contributed by atoms with Crippen molar-refractivity contribution in [1.82, 2.24) is 15.0 Å².